The van der Waals surface area contributed by atoms with Crippen LogP contribution in [0.25, 0.3) is 0 Å². The summed E-state index contributed by atoms with van der Waals surface area (Å²) < 4.78 is 0. The third-order valence-electron chi connectivity index (χ3n) is 3.22. The van der Waals surface area contributed by atoms with Crippen molar-refractivity contribution in [1.29, 1.82) is 0 Å². The van der Waals surface area contributed by atoms with E-state index < -0.39 is 0 Å². The van der Waals surface area contributed by atoms with Crippen LogP contribution in [0.5, 0.6) is 0 Å². The predicted molar refractivity (Wildman–Crippen MR) is 69.5 cm³/mol. The summed E-state index contributed by atoms with van der Waals surface area (Å²) in [6.45, 7) is 4.16. The van der Waals surface area contributed by atoms with Crippen LogP contribution in [0.1, 0.15) is 19.8 Å². The van der Waals surface area contributed by atoms with Crippen LogP contribution in [0.4, 0.5) is 5.82 Å². The van der Waals surface area contributed by atoms with Crippen LogP contribution >= 0.6 is 23.2 Å². The maximum atomic E-state index is 6.12. The first-order valence-electron chi connectivity index (χ1n) is 5.67. The van der Waals surface area contributed by atoms with Crippen LogP contribution in [-0.4, -0.2) is 23.5 Å². The van der Waals surface area contributed by atoms with Gasteiger partial charge in [0.05, 0.1) is 5.02 Å². The molecule has 0 amide bonds. The second-order valence-electron chi connectivity index (χ2n) is 4.34. The van der Waals surface area contributed by atoms with Crippen molar-refractivity contribution >= 4 is 29.0 Å². The van der Waals surface area contributed by atoms with Crippen molar-refractivity contribution in [3.8, 4) is 0 Å². The number of alkyl halides is 1. The molecule has 1 fully saturated rings. The molecule has 0 bridgehead atoms. The Balaban J connectivity index is 1.96. The number of pyridine rings is 1. The Morgan fingerprint density at radius 3 is 2.56 bits per heavy atom. The highest BCUT2D eigenvalue weighted by Crippen LogP contribution is 2.26. The van der Waals surface area contributed by atoms with Gasteiger partial charge in [0.2, 0.25) is 0 Å². The van der Waals surface area contributed by atoms with Gasteiger partial charge < -0.3 is 4.90 Å². The fourth-order valence-electron chi connectivity index (χ4n) is 2.14. The van der Waals surface area contributed by atoms with Gasteiger partial charge in [-0.15, -0.1) is 11.6 Å². The number of halogens is 2. The summed E-state index contributed by atoms with van der Waals surface area (Å²) in [5, 5.41) is 0.966. The Kier molecular flexibility index (Phi) is 3.93. The van der Waals surface area contributed by atoms with Crippen molar-refractivity contribution < 1.29 is 0 Å². The van der Waals surface area contributed by atoms with Gasteiger partial charge in [-0.25, -0.2) is 4.98 Å². The van der Waals surface area contributed by atoms with Crippen LogP contribution in [0, 0.1) is 5.92 Å². The molecular weight excluding hydrogens is 243 g/mol. The first-order valence-corrected chi connectivity index (χ1v) is 6.49. The molecule has 1 aromatic heterocycles. The molecule has 2 rings (SSSR count). The van der Waals surface area contributed by atoms with E-state index in [1.165, 1.54) is 0 Å². The third kappa shape index (κ3) is 2.80. The average Bonchev–Trinajstić information content (AvgIpc) is 2.30. The van der Waals surface area contributed by atoms with E-state index >= 15 is 0 Å². The summed E-state index contributed by atoms with van der Waals surface area (Å²) in [7, 11) is 0. The summed E-state index contributed by atoms with van der Waals surface area (Å²) in [5.74, 6) is 1.66. The largest absolute Gasteiger partial charge is 0.357 e. The van der Waals surface area contributed by atoms with Crippen molar-refractivity contribution in [3.05, 3.63) is 23.4 Å². The Morgan fingerprint density at radius 1 is 1.38 bits per heavy atom. The van der Waals surface area contributed by atoms with Crippen molar-refractivity contribution in [2.45, 2.75) is 25.1 Å². The molecule has 0 N–H and O–H groups in total. The molecule has 1 unspecified atom stereocenters. The molecule has 4 heteroatoms. The zero-order chi connectivity index (χ0) is 11.5. The van der Waals surface area contributed by atoms with Crippen LogP contribution in [0.15, 0.2) is 18.3 Å². The smallest absolute Gasteiger partial charge is 0.128 e. The van der Waals surface area contributed by atoms with E-state index in [0.717, 1.165) is 31.7 Å². The van der Waals surface area contributed by atoms with Crippen molar-refractivity contribution in [2.24, 2.45) is 5.92 Å². The summed E-state index contributed by atoms with van der Waals surface area (Å²) in [6, 6.07) is 3.87. The molecule has 2 nitrogen and oxygen atoms in total. The molecule has 0 aliphatic carbocycles. The van der Waals surface area contributed by atoms with Crippen LogP contribution in [-0.2, 0) is 0 Å². The second kappa shape index (κ2) is 5.24. The molecule has 0 radical (unpaired) electrons. The van der Waals surface area contributed by atoms with Gasteiger partial charge in [0.25, 0.3) is 0 Å². The van der Waals surface area contributed by atoms with Gasteiger partial charge in [0, 0.05) is 24.7 Å². The van der Waals surface area contributed by atoms with Crippen LogP contribution in [0.2, 0.25) is 5.02 Å². The molecular formula is C12H16Cl2N2. The summed E-state index contributed by atoms with van der Waals surface area (Å²) in [5.41, 5.74) is 0. The molecule has 0 aromatic carbocycles. The number of nitrogens with zero attached hydrogens (tertiary/aromatic N) is 2. The van der Waals surface area contributed by atoms with Crippen LogP contribution < -0.4 is 4.90 Å². The van der Waals surface area contributed by atoms with Gasteiger partial charge in [-0.2, -0.15) is 0 Å². The summed E-state index contributed by atoms with van der Waals surface area (Å²) >= 11 is 11.9. The molecule has 2 heterocycles. The first kappa shape index (κ1) is 12.0. The molecule has 1 atom stereocenters. The maximum Gasteiger partial charge on any atom is 0.128 e. The predicted octanol–water partition coefficient (Wildman–Crippen LogP) is 3.58. The highest BCUT2D eigenvalue weighted by atomic mass is 35.5. The van der Waals surface area contributed by atoms with Gasteiger partial charge in [0.15, 0.2) is 0 Å². The Bertz CT molecular complexity index is 329. The minimum atomic E-state index is 0.278. The Labute approximate surface area is 107 Å². The number of piperidine rings is 1. The Hall–Kier alpha value is -0.470. The molecule has 16 heavy (non-hydrogen) atoms. The fraction of sp³-hybridized carbons (Fsp3) is 0.583. The Morgan fingerprint density at radius 2 is 2.06 bits per heavy atom. The van der Waals surface area contributed by atoms with E-state index in [4.69, 9.17) is 23.2 Å². The number of aromatic nitrogens is 1. The van der Waals surface area contributed by atoms with Crippen LogP contribution in [0.3, 0.4) is 0 Å². The lowest BCUT2D eigenvalue weighted by molar-refractivity contribution is 0.399. The van der Waals surface area contributed by atoms with E-state index in [9.17, 15) is 0 Å². The quantitative estimate of drug-likeness (QED) is 0.755. The number of hydrogen-bond donors (Lipinski definition) is 0. The average molecular weight is 259 g/mol. The minimum absolute atomic E-state index is 0.278. The van der Waals surface area contributed by atoms with Gasteiger partial charge in [-0.05, 0) is 37.8 Å². The molecule has 1 aromatic rings. The summed E-state index contributed by atoms with van der Waals surface area (Å²) in [6.07, 6.45) is 4.00. The number of rotatable bonds is 2. The lowest BCUT2D eigenvalue weighted by atomic mass is 9.94. The van der Waals surface area contributed by atoms with E-state index in [1.807, 2.05) is 12.1 Å². The second-order valence-corrected chi connectivity index (χ2v) is 5.46. The SMILES string of the molecule is CC(Cl)C1CCN(c2ccc(Cl)cn2)CC1. The molecule has 0 saturated carbocycles. The van der Waals surface area contributed by atoms with Crippen molar-refractivity contribution in [2.75, 3.05) is 18.0 Å². The van der Waals surface area contributed by atoms with Gasteiger partial charge in [-0.1, -0.05) is 11.6 Å². The molecule has 0 spiro atoms. The summed E-state index contributed by atoms with van der Waals surface area (Å²) in [4.78, 5) is 6.63. The lowest BCUT2D eigenvalue weighted by Gasteiger charge is -2.33. The zero-order valence-electron chi connectivity index (χ0n) is 9.37. The minimum Gasteiger partial charge on any atom is -0.357 e. The van der Waals surface area contributed by atoms with E-state index in [1.54, 1.807) is 6.20 Å². The maximum absolute atomic E-state index is 6.12. The normalized spacial score (nSPS) is 19.8. The number of anilines is 1. The molecule has 1 aliphatic rings. The van der Waals surface area contributed by atoms with E-state index in [0.29, 0.717) is 10.9 Å². The van der Waals surface area contributed by atoms with Gasteiger partial charge >= 0.3 is 0 Å². The van der Waals surface area contributed by atoms with E-state index in [2.05, 4.69) is 16.8 Å². The first-order chi connectivity index (χ1) is 7.66. The molecule has 88 valence electrons. The highest BCUT2D eigenvalue weighted by molar-refractivity contribution is 6.30. The third-order valence-corrected chi connectivity index (χ3v) is 3.80. The highest BCUT2D eigenvalue weighted by Gasteiger charge is 2.23. The molecule has 1 aliphatic heterocycles. The number of hydrogen-bond acceptors (Lipinski definition) is 2. The zero-order valence-corrected chi connectivity index (χ0v) is 10.9. The fourth-order valence-corrected chi connectivity index (χ4v) is 2.51. The standard InChI is InChI=1S/C12H16Cl2N2/c1-9(13)10-4-6-16(7-5-10)12-3-2-11(14)8-15-12/h2-3,8-10H,4-7H2,1H3. The monoisotopic (exact) mass is 258 g/mol. The topological polar surface area (TPSA) is 16.1 Å². The van der Waals surface area contributed by atoms with E-state index in [-0.39, 0.29) is 5.38 Å². The van der Waals surface area contributed by atoms with Gasteiger partial charge in [-0.3, -0.25) is 0 Å². The lowest BCUT2D eigenvalue weighted by Crippen LogP contribution is -2.36. The molecule has 1 saturated heterocycles. The van der Waals surface area contributed by atoms with Gasteiger partial charge in [0.1, 0.15) is 5.82 Å². The van der Waals surface area contributed by atoms with Crippen molar-refractivity contribution in [3.63, 3.8) is 0 Å². The van der Waals surface area contributed by atoms with Crippen molar-refractivity contribution in [1.82, 2.24) is 4.98 Å².